The lowest BCUT2D eigenvalue weighted by Crippen LogP contribution is -2.11. The zero-order valence-electron chi connectivity index (χ0n) is 6.78. The van der Waals surface area contributed by atoms with Crippen LogP contribution in [-0.2, 0) is 9.53 Å². The second kappa shape index (κ2) is 4.26. The van der Waals surface area contributed by atoms with Crippen molar-refractivity contribution in [1.29, 1.82) is 5.26 Å². The Labute approximate surface area is 84.5 Å². The number of carbonyl (C=O) groups excluding carboxylic acids is 1. The SMILES string of the molecule is COC(=O)C(C#N)c1ccsc1Cl. The molecular formula is C8H6ClNO2S. The summed E-state index contributed by atoms with van der Waals surface area (Å²) in [5, 5.41) is 10.4. The van der Waals surface area contributed by atoms with Crippen molar-refractivity contribution in [2.45, 2.75) is 5.92 Å². The molecule has 0 aliphatic carbocycles. The molecule has 1 aromatic rings. The summed E-state index contributed by atoms with van der Waals surface area (Å²) in [7, 11) is 1.24. The van der Waals surface area contributed by atoms with E-state index in [2.05, 4.69) is 4.74 Å². The van der Waals surface area contributed by atoms with Gasteiger partial charge in [0.15, 0.2) is 5.92 Å². The highest BCUT2D eigenvalue weighted by Gasteiger charge is 2.23. The van der Waals surface area contributed by atoms with E-state index in [1.165, 1.54) is 18.4 Å². The molecule has 0 bridgehead atoms. The van der Waals surface area contributed by atoms with Gasteiger partial charge in [0.05, 0.1) is 17.5 Å². The summed E-state index contributed by atoms with van der Waals surface area (Å²) in [5.74, 6) is -1.49. The molecule has 0 spiro atoms. The molecular weight excluding hydrogens is 210 g/mol. The lowest BCUT2D eigenvalue weighted by atomic mass is 10.1. The number of hydrogen-bond acceptors (Lipinski definition) is 4. The topological polar surface area (TPSA) is 50.1 Å². The Morgan fingerprint density at radius 1 is 1.85 bits per heavy atom. The predicted octanol–water partition coefficient (Wildman–Crippen LogP) is 2.18. The summed E-state index contributed by atoms with van der Waals surface area (Å²) >= 11 is 7.06. The molecule has 1 atom stereocenters. The number of carbonyl (C=O) groups is 1. The van der Waals surface area contributed by atoms with Gasteiger partial charge in [-0.2, -0.15) is 5.26 Å². The number of hydrogen-bond donors (Lipinski definition) is 0. The van der Waals surface area contributed by atoms with Gasteiger partial charge in [0.25, 0.3) is 0 Å². The van der Waals surface area contributed by atoms with Crippen molar-refractivity contribution < 1.29 is 9.53 Å². The first-order valence-corrected chi connectivity index (χ1v) is 4.66. The maximum Gasteiger partial charge on any atom is 0.327 e. The van der Waals surface area contributed by atoms with Gasteiger partial charge in [-0.3, -0.25) is 4.79 Å². The summed E-state index contributed by atoms with van der Waals surface area (Å²) in [6.07, 6.45) is 0. The van der Waals surface area contributed by atoms with E-state index >= 15 is 0 Å². The Bertz CT molecular complexity index is 355. The standard InChI is InChI=1S/C8H6ClNO2S/c1-12-8(11)6(4-10)5-2-3-13-7(5)9/h2-3,6H,1H3. The Morgan fingerprint density at radius 2 is 2.54 bits per heavy atom. The van der Waals surface area contributed by atoms with Crippen LogP contribution in [0.5, 0.6) is 0 Å². The normalized spacial score (nSPS) is 11.8. The van der Waals surface area contributed by atoms with Crippen molar-refractivity contribution in [3.8, 4) is 6.07 Å². The second-order valence-electron chi connectivity index (χ2n) is 2.23. The fraction of sp³-hybridized carbons (Fsp3) is 0.250. The summed E-state index contributed by atoms with van der Waals surface area (Å²) in [5.41, 5.74) is 0.515. The lowest BCUT2D eigenvalue weighted by molar-refractivity contribution is -0.140. The van der Waals surface area contributed by atoms with Crippen LogP contribution < -0.4 is 0 Å². The molecule has 0 saturated carbocycles. The monoisotopic (exact) mass is 215 g/mol. The van der Waals surface area contributed by atoms with E-state index in [0.29, 0.717) is 9.90 Å². The lowest BCUT2D eigenvalue weighted by Gasteiger charge is -2.04. The first-order valence-electron chi connectivity index (χ1n) is 3.41. The van der Waals surface area contributed by atoms with Gasteiger partial charge in [0.1, 0.15) is 0 Å². The molecule has 0 aromatic carbocycles. The maximum atomic E-state index is 11.1. The average molecular weight is 216 g/mol. The van der Waals surface area contributed by atoms with E-state index in [1.807, 2.05) is 6.07 Å². The molecule has 68 valence electrons. The van der Waals surface area contributed by atoms with E-state index in [9.17, 15) is 4.79 Å². The molecule has 0 radical (unpaired) electrons. The highest BCUT2D eigenvalue weighted by molar-refractivity contribution is 7.14. The second-order valence-corrected chi connectivity index (χ2v) is 3.75. The zero-order valence-corrected chi connectivity index (χ0v) is 8.35. The summed E-state index contributed by atoms with van der Waals surface area (Å²) < 4.78 is 4.92. The molecule has 1 rings (SSSR count). The molecule has 0 saturated heterocycles. The van der Waals surface area contributed by atoms with Crippen LogP contribution in [0.15, 0.2) is 11.4 Å². The number of methoxy groups -OCH3 is 1. The number of rotatable bonds is 2. The van der Waals surface area contributed by atoms with Gasteiger partial charge in [-0.25, -0.2) is 0 Å². The Kier molecular flexibility index (Phi) is 3.29. The Hall–Kier alpha value is -1.05. The number of ether oxygens (including phenoxy) is 1. The minimum atomic E-state index is -0.913. The summed E-state index contributed by atoms with van der Waals surface area (Å²) in [4.78, 5) is 11.1. The van der Waals surface area contributed by atoms with Gasteiger partial charge in [-0.05, 0) is 11.4 Å². The van der Waals surface area contributed by atoms with Crippen LogP contribution in [0, 0.1) is 11.3 Å². The third kappa shape index (κ3) is 2.00. The van der Waals surface area contributed by atoms with Crippen LogP contribution in [-0.4, -0.2) is 13.1 Å². The average Bonchev–Trinajstić information content (AvgIpc) is 2.53. The van der Waals surface area contributed by atoms with Crippen molar-refractivity contribution in [2.24, 2.45) is 0 Å². The largest absolute Gasteiger partial charge is 0.468 e. The van der Waals surface area contributed by atoms with E-state index in [1.54, 1.807) is 11.4 Å². The van der Waals surface area contributed by atoms with Crippen molar-refractivity contribution >= 4 is 28.9 Å². The van der Waals surface area contributed by atoms with Crippen LogP contribution in [0.25, 0.3) is 0 Å². The molecule has 13 heavy (non-hydrogen) atoms. The number of nitriles is 1. The van der Waals surface area contributed by atoms with Crippen molar-refractivity contribution in [1.82, 2.24) is 0 Å². The molecule has 0 amide bonds. The zero-order chi connectivity index (χ0) is 9.84. The molecule has 1 unspecified atom stereocenters. The molecule has 0 aliphatic rings. The Balaban J connectivity index is 2.99. The third-order valence-corrected chi connectivity index (χ3v) is 2.72. The molecule has 5 heteroatoms. The first kappa shape index (κ1) is 10.0. The third-order valence-electron chi connectivity index (χ3n) is 1.52. The fourth-order valence-electron chi connectivity index (χ4n) is 0.877. The molecule has 0 N–H and O–H groups in total. The molecule has 3 nitrogen and oxygen atoms in total. The van der Waals surface area contributed by atoms with Gasteiger partial charge in [0, 0.05) is 5.56 Å². The first-order chi connectivity index (χ1) is 6.20. The smallest absolute Gasteiger partial charge is 0.327 e. The van der Waals surface area contributed by atoms with Gasteiger partial charge in [0.2, 0.25) is 0 Å². The predicted molar refractivity (Wildman–Crippen MR) is 49.7 cm³/mol. The van der Waals surface area contributed by atoms with Crippen LogP contribution in [0.1, 0.15) is 11.5 Å². The van der Waals surface area contributed by atoms with Crippen LogP contribution >= 0.6 is 22.9 Å². The highest BCUT2D eigenvalue weighted by Crippen LogP contribution is 2.29. The molecule has 0 fully saturated rings. The van der Waals surface area contributed by atoms with Crippen LogP contribution in [0.3, 0.4) is 0 Å². The van der Waals surface area contributed by atoms with Gasteiger partial charge in [-0.1, -0.05) is 11.6 Å². The number of nitrogens with zero attached hydrogens (tertiary/aromatic N) is 1. The van der Waals surface area contributed by atoms with Gasteiger partial charge >= 0.3 is 5.97 Å². The van der Waals surface area contributed by atoms with Crippen molar-refractivity contribution in [3.05, 3.63) is 21.3 Å². The van der Waals surface area contributed by atoms with E-state index in [-0.39, 0.29) is 0 Å². The van der Waals surface area contributed by atoms with Gasteiger partial charge < -0.3 is 4.74 Å². The van der Waals surface area contributed by atoms with E-state index in [0.717, 1.165) is 0 Å². The summed E-state index contributed by atoms with van der Waals surface area (Å²) in [6.45, 7) is 0. The Morgan fingerprint density at radius 3 is 2.92 bits per heavy atom. The van der Waals surface area contributed by atoms with Crippen molar-refractivity contribution in [3.63, 3.8) is 0 Å². The van der Waals surface area contributed by atoms with Crippen LogP contribution in [0.2, 0.25) is 4.34 Å². The number of esters is 1. The quantitative estimate of drug-likeness (QED) is 0.711. The molecule has 1 aromatic heterocycles. The highest BCUT2D eigenvalue weighted by atomic mass is 35.5. The fourth-order valence-corrected chi connectivity index (χ4v) is 1.86. The van der Waals surface area contributed by atoms with Crippen molar-refractivity contribution in [2.75, 3.05) is 7.11 Å². The number of halogens is 1. The minimum absolute atomic E-state index is 0.456. The van der Waals surface area contributed by atoms with E-state index in [4.69, 9.17) is 16.9 Å². The molecule has 0 aliphatic heterocycles. The molecule has 1 heterocycles. The summed E-state index contributed by atoms with van der Waals surface area (Å²) in [6, 6.07) is 3.49. The number of thiophene rings is 1. The van der Waals surface area contributed by atoms with Gasteiger partial charge in [-0.15, -0.1) is 11.3 Å². The minimum Gasteiger partial charge on any atom is -0.468 e. The maximum absolute atomic E-state index is 11.1. The van der Waals surface area contributed by atoms with Crippen LogP contribution in [0.4, 0.5) is 0 Å². The van der Waals surface area contributed by atoms with E-state index < -0.39 is 11.9 Å².